The first kappa shape index (κ1) is 26.4. The number of carbonyl (C=O) groups excluding carboxylic acids is 2. The van der Waals surface area contributed by atoms with Gasteiger partial charge in [0.2, 0.25) is 5.91 Å². The number of methoxy groups -OCH3 is 1. The van der Waals surface area contributed by atoms with Crippen molar-refractivity contribution < 1.29 is 18.7 Å². The van der Waals surface area contributed by atoms with Crippen LogP contribution in [0.5, 0.6) is 5.75 Å². The van der Waals surface area contributed by atoms with Gasteiger partial charge in [0.1, 0.15) is 23.9 Å². The van der Waals surface area contributed by atoms with Gasteiger partial charge in [-0.05, 0) is 55.0 Å². The first-order chi connectivity index (χ1) is 18.5. The second-order valence-electron chi connectivity index (χ2n) is 8.65. The summed E-state index contributed by atoms with van der Waals surface area (Å²) in [5.74, 6) is 0.336. The molecule has 8 nitrogen and oxygen atoms in total. The molecule has 0 saturated carbocycles. The zero-order chi connectivity index (χ0) is 26.9. The molecule has 0 saturated heterocycles. The largest absolute Gasteiger partial charge is 0.497 e. The zero-order valence-electron chi connectivity index (χ0n) is 21.4. The van der Waals surface area contributed by atoms with Gasteiger partial charge in [-0.15, -0.1) is 0 Å². The number of anilines is 2. The first-order valence-corrected chi connectivity index (χ1v) is 12.4. The Labute approximate surface area is 221 Å². The van der Waals surface area contributed by atoms with Gasteiger partial charge >= 0.3 is 6.03 Å². The summed E-state index contributed by atoms with van der Waals surface area (Å²) >= 11 is 0. The highest BCUT2D eigenvalue weighted by Gasteiger charge is 2.20. The predicted molar refractivity (Wildman–Crippen MR) is 146 cm³/mol. The fraction of sp³-hybridized carbons (Fsp3) is 0.207. The van der Waals surface area contributed by atoms with Crippen LogP contribution in [0.4, 0.5) is 20.7 Å². The SMILES string of the molecule is CCCCN(CC(=O)Nc1cc(-c2ccccc2)nn1-c1ccc(F)cc1)C(=O)Nc1ccc(OC)cc1. The summed E-state index contributed by atoms with van der Waals surface area (Å²) < 4.78 is 20.3. The highest BCUT2D eigenvalue weighted by Crippen LogP contribution is 2.25. The van der Waals surface area contributed by atoms with Crippen LogP contribution in [-0.2, 0) is 4.79 Å². The highest BCUT2D eigenvalue weighted by molar-refractivity contribution is 5.97. The number of hydrogen-bond acceptors (Lipinski definition) is 4. The van der Waals surface area contributed by atoms with Crippen molar-refractivity contribution in [3.05, 3.63) is 90.7 Å². The molecule has 196 valence electrons. The lowest BCUT2D eigenvalue weighted by Gasteiger charge is -2.22. The minimum absolute atomic E-state index is 0.155. The molecular weight excluding hydrogens is 485 g/mol. The van der Waals surface area contributed by atoms with E-state index >= 15 is 0 Å². The average molecular weight is 516 g/mol. The number of amides is 3. The molecule has 1 heterocycles. The van der Waals surface area contributed by atoms with Crippen LogP contribution in [0.2, 0.25) is 0 Å². The van der Waals surface area contributed by atoms with Gasteiger partial charge in [-0.25, -0.2) is 13.9 Å². The summed E-state index contributed by atoms with van der Waals surface area (Å²) in [6.07, 6.45) is 1.61. The average Bonchev–Trinajstić information content (AvgIpc) is 3.35. The topological polar surface area (TPSA) is 88.5 Å². The van der Waals surface area contributed by atoms with Crippen LogP contribution in [-0.4, -0.2) is 46.8 Å². The lowest BCUT2D eigenvalue weighted by Crippen LogP contribution is -2.41. The van der Waals surface area contributed by atoms with E-state index in [4.69, 9.17) is 4.74 Å². The fourth-order valence-electron chi connectivity index (χ4n) is 3.83. The molecule has 9 heteroatoms. The Hall–Kier alpha value is -4.66. The van der Waals surface area contributed by atoms with Crippen molar-refractivity contribution in [2.24, 2.45) is 0 Å². The molecule has 0 aliphatic carbocycles. The number of ether oxygens (including phenoxy) is 1. The minimum Gasteiger partial charge on any atom is -0.497 e. The van der Waals surface area contributed by atoms with E-state index in [1.165, 1.54) is 17.0 Å². The van der Waals surface area contributed by atoms with E-state index < -0.39 is 0 Å². The van der Waals surface area contributed by atoms with Crippen LogP contribution in [0.15, 0.2) is 84.9 Å². The third-order valence-corrected chi connectivity index (χ3v) is 5.86. The van der Waals surface area contributed by atoms with Gasteiger partial charge in [0, 0.05) is 23.9 Å². The molecule has 0 aliphatic heterocycles. The van der Waals surface area contributed by atoms with E-state index in [1.54, 1.807) is 54.3 Å². The van der Waals surface area contributed by atoms with Crippen molar-refractivity contribution in [3.63, 3.8) is 0 Å². The predicted octanol–water partition coefficient (Wildman–Crippen LogP) is 5.96. The lowest BCUT2D eigenvalue weighted by molar-refractivity contribution is -0.116. The molecule has 0 fully saturated rings. The Balaban J connectivity index is 1.53. The molecule has 0 radical (unpaired) electrons. The number of benzene rings is 3. The molecule has 0 spiro atoms. The quantitative estimate of drug-likeness (QED) is 0.273. The van der Waals surface area contributed by atoms with E-state index in [9.17, 15) is 14.0 Å². The molecule has 0 bridgehead atoms. The maximum absolute atomic E-state index is 13.5. The van der Waals surface area contributed by atoms with E-state index in [0.29, 0.717) is 35.2 Å². The number of carbonyl (C=O) groups is 2. The second-order valence-corrected chi connectivity index (χ2v) is 8.65. The van der Waals surface area contributed by atoms with Crippen LogP contribution in [0, 0.1) is 5.82 Å². The number of urea groups is 1. The fourth-order valence-corrected chi connectivity index (χ4v) is 3.83. The van der Waals surface area contributed by atoms with Crippen LogP contribution >= 0.6 is 0 Å². The third-order valence-electron chi connectivity index (χ3n) is 5.86. The van der Waals surface area contributed by atoms with Gasteiger partial charge in [-0.1, -0.05) is 43.7 Å². The molecule has 3 aromatic carbocycles. The maximum atomic E-state index is 13.5. The highest BCUT2D eigenvalue weighted by atomic mass is 19.1. The standard InChI is InChI=1S/C29H30FN5O3/c1-3-4-18-34(29(37)31-23-12-16-25(38-2)17-13-23)20-28(36)32-27-19-26(21-8-6-5-7-9-21)33-35(27)24-14-10-22(30)11-15-24/h5-17,19H,3-4,18,20H2,1-2H3,(H,31,37)(H,32,36). The summed E-state index contributed by atoms with van der Waals surface area (Å²) in [7, 11) is 1.57. The van der Waals surface area contributed by atoms with Crippen molar-refractivity contribution in [3.8, 4) is 22.7 Å². The van der Waals surface area contributed by atoms with Crippen LogP contribution < -0.4 is 15.4 Å². The van der Waals surface area contributed by atoms with Gasteiger partial charge in [0.25, 0.3) is 0 Å². The van der Waals surface area contributed by atoms with Crippen molar-refractivity contribution in [1.29, 1.82) is 0 Å². The molecule has 4 aromatic rings. The molecule has 3 amide bonds. The molecule has 0 aliphatic rings. The van der Waals surface area contributed by atoms with Gasteiger partial charge < -0.3 is 20.3 Å². The number of halogens is 1. The van der Waals surface area contributed by atoms with Gasteiger partial charge in [-0.3, -0.25) is 4.79 Å². The molecule has 2 N–H and O–H groups in total. The van der Waals surface area contributed by atoms with Crippen molar-refractivity contribution in [2.45, 2.75) is 19.8 Å². The van der Waals surface area contributed by atoms with Gasteiger partial charge in [0.15, 0.2) is 0 Å². The van der Waals surface area contributed by atoms with Crippen molar-refractivity contribution in [1.82, 2.24) is 14.7 Å². The summed E-state index contributed by atoms with van der Waals surface area (Å²) in [5, 5.41) is 10.4. The molecular formula is C29H30FN5O3. The third kappa shape index (κ3) is 6.76. The Morgan fingerprint density at radius 3 is 2.34 bits per heavy atom. The summed E-state index contributed by atoms with van der Waals surface area (Å²) in [6.45, 7) is 2.28. The maximum Gasteiger partial charge on any atom is 0.322 e. The van der Waals surface area contributed by atoms with Crippen molar-refractivity contribution in [2.75, 3.05) is 30.8 Å². The van der Waals surface area contributed by atoms with Crippen LogP contribution in [0.1, 0.15) is 19.8 Å². The number of unbranched alkanes of at least 4 members (excludes halogenated alkanes) is 1. The number of aromatic nitrogens is 2. The monoisotopic (exact) mass is 515 g/mol. The molecule has 4 rings (SSSR count). The summed E-state index contributed by atoms with van der Waals surface area (Å²) in [6, 6.07) is 23.7. The number of nitrogens with one attached hydrogen (secondary N) is 2. The Bertz CT molecular complexity index is 1360. The Morgan fingerprint density at radius 2 is 1.68 bits per heavy atom. The molecule has 1 aromatic heterocycles. The summed E-state index contributed by atoms with van der Waals surface area (Å²) in [5.41, 5.74) is 2.70. The number of nitrogens with zero attached hydrogens (tertiary/aromatic N) is 3. The first-order valence-electron chi connectivity index (χ1n) is 12.4. The summed E-state index contributed by atoms with van der Waals surface area (Å²) in [4.78, 5) is 27.7. The van der Waals surface area contributed by atoms with Crippen LogP contribution in [0.3, 0.4) is 0 Å². The van der Waals surface area contributed by atoms with E-state index in [2.05, 4.69) is 15.7 Å². The molecule has 38 heavy (non-hydrogen) atoms. The zero-order valence-corrected chi connectivity index (χ0v) is 21.4. The van der Waals surface area contributed by atoms with Crippen molar-refractivity contribution >= 4 is 23.4 Å². The lowest BCUT2D eigenvalue weighted by atomic mass is 10.1. The van der Waals surface area contributed by atoms with Crippen LogP contribution in [0.25, 0.3) is 16.9 Å². The van der Waals surface area contributed by atoms with Gasteiger partial charge in [0.05, 0.1) is 18.5 Å². The number of rotatable bonds is 10. The van der Waals surface area contributed by atoms with E-state index in [1.807, 2.05) is 37.3 Å². The second kappa shape index (κ2) is 12.5. The molecule has 0 atom stereocenters. The minimum atomic E-state index is -0.381. The van der Waals surface area contributed by atoms with E-state index in [0.717, 1.165) is 18.4 Å². The van der Waals surface area contributed by atoms with E-state index in [-0.39, 0.29) is 24.3 Å². The normalized spacial score (nSPS) is 10.6. The van der Waals surface area contributed by atoms with Gasteiger partial charge in [-0.2, -0.15) is 5.10 Å². The number of hydrogen-bond donors (Lipinski definition) is 2. The Morgan fingerprint density at radius 1 is 0.974 bits per heavy atom. The Kier molecular flexibility index (Phi) is 8.71. The molecule has 0 unspecified atom stereocenters. The smallest absolute Gasteiger partial charge is 0.322 e.